The van der Waals surface area contributed by atoms with Crippen LogP contribution in [0.1, 0.15) is 38.5 Å². The largest absolute Gasteiger partial charge is 0.469 e. The average molecular weight is 421 g/mol. The summed E-state index contributed by atoms with van der Waals surface area (Å²) in [6.07, 6.45) is 5.53. The predicted molar refractivity (Wildman–Crippen MR) is 105 cm³/mol. The van der Waals surface area contributed by atoms with Crippen LogP contribution in [0.4, 0.5) is 0 Å². The number of carbonyl (C=O) groups excluding carboxylic acids is 3. The molecule has 9 atom stereocenters. The first-order valence-corrected chi connectivity index (χ1v) is 11.0. The maximum absolute atomic E-state index is 11.8. The second-order valence-corrected chi connectivity index (χ2v) is 10.3. The van der Waals surface area contributed by atoms with E-state index in [1.54, 1.807) is 0 Å². The van der Waals surface area contributed by atoms with E-state index in [9.17, 15) is 19.5 Å². The van der Waals surface area contributed by atoms with E-state index >= 15 is 0 Å². The Hall–Kier alpha value is -1.51. The zero-order valence-corrected chi connectivity index (χ0v) is 18.2. The monoisotopic (exact) mass is 420 g/mol. The summed E-state index contributed by atoms with van der Waals surface area (Å²) in [6, 6.07) is 1.49. The molecular formula is C22H32N2O6. The van der Waals surface area contributed by atoms with Crippen LogP contribution in [-0.2, 0) is 23.9 Å². The zero-order chi connectivity index (χ0) is 21.6. The molecule has 0 bridgehead atoms. The van der Waals surface area contributed by atoms with Crippen molar-refractivity contribution in [3.8, 4) is 0 Å². The predicted octanol–water partition coefficient (Wildman–Crippen LogP) is 0.214. The number of methoxy groups -OCH3 is 2. The first kappa shape index (κ1) is 20.4. The molecule has 2 spiro atoms. The fourth-order valence-electron chi connectivity index (χ4n) is 8.23. The van der Waals surface area contributed by atoms with Crippen LogP contribution in [0.3, 0.4) is 0 Å². The Morgan fingerprint density at radius 1 is 0.967 bits per heavy atom. The second-order valence-electron chi connectivity index (χ2n) is 10.3. The van der Waals surface area contributed by atoms with Crippen molar-refractivity contribution < 1.29 is 29.0 Å². The molecule has 0 amide bonds. The smallest absolute Gasteiger partial charge is 0.317 e. The lowest BCUT2D eigenvalue weighted by Crippen LogP contribution is -2.75. The Balaban J connectivity index is 0.000000128. The van der Waals surface area contributed by atoms with Crippen LogP contribution in [0.25, 0.3) is 0 Å². The lowest BCUT2D eigenvalue weighted by molar-refractivity contribution is -0.193. The Morgan fingerprint density at radius 3 is 2.07 bits per heavy atom. The van der Waals surface area contributed by atoms with Crippen LogP contribution in [0, 0.1) is 22.7 Å². The van der Waals surface area contributed by atoms with Crippen LogP contribution in [0.2, 0.25) is 0 Å². The molecule has 8 heteroatoms. The van der Waals surface area contributed by atoms with Gasteiger partial charge in [0.2, 0.25) is 0 Å². The SMILES string of the molecule is COC(=O)C1C(=O)CC23CCC2N(C)C13.COC(=O)C1C(O)CC23CCC2N(C)C13. The van der Waals surface area contributed by atoms with Crippen molar-refractivity contribution in [2.24, 2.45) is 22.7 Å². The van der Waals surface area contributed by atoms with Crippen molar-refractivity contribution in [3.05, 3.63) is 0 Å². The highest BCUT2D eigenvalue weighted by atomic mass is 16.5. The highest BCUT2D eigenvalue weighted by molar-refractivity contribution is 6.03. The van der Waals surface area contributed by atoms with Gasteiger partial charge in [0.15, 0.2) is 0 Å². The maximum atomic E-state index is 11.8. The Kier molecular flexibility index (Phi) is 4.42. The molecule has 166 valence electrons. The van der Waals surface area contributed by atoms with Crippen molar-refractivity contribution in [2.45, 2.75) is 68.8 Å². The van der Waals surface area contributed by atoms with Gasteiger partial charge in [-0.1, -0.05) is 0 Å². The summed E-state index contributed by atoms with van der Waals surface area (Å²) in [7, 11) is 6.83. The van der Waals surface area contributed by atoms with Gasteiger partial charge in [0.25, 0.3) is 0 Å². The minimum absolute atomic E-state index is 0.0842. The summed E-state index contributed by atoms with van der Waals surface area (Å²) in [5.41, 5.74) is 0.387. The van der Waals surface area contributed by atoms with Crippen LogP contribution < -0.4 is 0 Å². The highest BCUT2D eigenvalue weighted by Crippen LogP contribution is 2.66. The molecule has 2 aliphatic heterocycles. The van der Waals surface area contributed by atoms with E-state index in [4.69, 9.17) is 9.47 Å². The van der Waals surface area contributed by atoms with Gasteiger partial charge in [-0.15, -0.1) is 0 Å². The summed E-state index contributed by atoms with van der Waals surface area (Å²) in [5, 5.41) is 9.98. The average Bonchev–Trinajstić information content (AvgIpc) is 3.18. The van der Waals surface area contributed by atoms with Crippen molar-refractivity contribution in [2.75, 3.05) is 28.3 Å². The van der Waals surface area contributed by atoms with E-state index in [1.807, 2.05) is 7.05 Å². The third-order valence-corrected chi connectivity index (χ3v) is 9.57. The van der Waals surface area contributed by atoms with E-state index in [0.29, 0.717) is 18.5 Å². The molecule has 0 radical (unpaired) electrons. The molecule has 6 aliphatic rings. The number of likely N-dealkylation sites (tertiary alicyclic amines) is 2. The summed E-state index contributed by atoms with van der Waals surface area (Å²) >= 11 is 0. The fourth-order valence-corrected chi connectivity index (χ4v) is 8.23. The van der Waals surface area contributed by atoms with Crippen LogP contribution >= 0.6 is 0 Å². The Morgan fingerprint density at radius 2 is 1.53 bits per heavy atom. The van der Waals surface area contributed by atoms with E-state index < -0.39 is 12.0 Å². The zero-order valence-electron chi connectivity index (χ0n) is 18.2. The summed E-state index contributed by atoms with van der Waals surface area (Å²) in [6.45, 7) is 0. The van der Waals surface area contributed by atoms with Gasteiger partial charge in [-0.05, 0) is 46.2 Å². The molecular weight excluding hydrogens is 388 g/mol. The lowest BCUT2D eigenvalue weighted by atomic mass is 9.53. The Bertz CT molecular complexity index is 802. The van der Waals surface area contributed by atoms with Crippen molar-refractivity contribution in [1.29, 1.82) is 0 Å². The number of Topliss-reactive ketones (excluding diaryl/α,β-unsaturated/α-hetero) is 1. The van der Waals surface area contributed by atoms with E-state index in [1.165, 1.54) is 27.1 Å². The molecule has 30 heavy (non-hydrogen) atoms. The number of hydrogen-bond donors (Lipinski definition) is 1. The molecule has 4 saturated carbocycles. The van der Waals surface area contributed by atoms with Gasteiger partial charge in [0, 0.05) is 41.4 Å². The minimum Gasteiger partial charge on any atom is -0.469 e. The highest BCUT2D eigenvalue weighted by Gasteiger charge is 2.74. The Labute approximate surface area is 176 Å². The van der Waals surface area contributed by atoms with Gasteiger partial charge >= 0.3 is 11.9 Å². The van der Waals surface area contributed by atoms with E-state index in [0.717, 1.165) is 19.3 Å². The number of esters is 2. The molecule has 8 nitrogen and oxygen atoms in total. The van der Waals surface area contributed by atoms with Crippen LogP contribution in [0.5, 0.6) is 0 Å². The minimum atomic E-state index is -0.517. The molecule has 6 rings (SSSR count). The molecule has 9 unspecified atom stereocenters. The number of aliphatic hydroxyl groups is 1. The molecule has 0 aromatic heterocycles. The first-order valence-electron chi connectivity index (χ1n) is 11.0. The molecule has 4 aliphatic carbocycles. The number of rotatable bonds is 2. The molecule has 2 heterocycles. The first-order chi connectivity index (χ1) is 14.2. The number of ketones is 1. The number of aliphatic hydroxyl groups excluding tert-OH is 1. The van der Waals surface area contributed by atoms with Gasteiger partial charge < -0.3 is 14.6 Å². The quantitative estimate of drug-likeness (QED) is 0.501. The van der Waals surface area contributed by atoms with Crippen molar-refractivity contribution in [3.63, 3.8) is 0 Å². The molecule has 0 aromatic rings. The van der Waals surface area contributed by atoms with Gasteiger partial charge in [-0.2, -0.15) is 0 Å². The van der Waals surface area contributed by atoms with Crippen molar-refractivity contribution >= 4 is 17.7 Å². The standard InChI is InChI=1S/C11H17NO3.C11H15NO3/c2*1-12-7-3-4-11(7)5-6(13)8(9(11)12)10(14)15-2/h6-9,13H,3-5H2,1-2H3;7-9H,3-5H2,1-2H3. The van der Waals surface area contributed by atoms with Gasteiger partial charge in [0.05, 0.1) is 26.2 Å². The van der Waals surface area contributed by atoms with E-state index in [-0.39, 0.29) is 46.6 Å². The number of piperidine rings is 2. The number of hydrogen-bond acceptors (Lipinski definition) is 8. The normalized spacial score (nSPS) is 50.0. The topological polar surface area (TPSA) is 96.4 Å². The summed E-state index contributed by atoms with van der Waals surface area (Å²) in [5.74, 6) is -1.35. The van der Waals surface area contributed by atoms with Crippen LogP contribution in [-0.4, -0.2) is 91.2 Å². The summed E-state index contributed by atoms with van der Waals surface area (Å²) in [4.78, 5) is 39.5. The van der Waals surface area contributed by atoms with E-state index in [2.05, 4.69) is 16.8 Å². The van der Waals surface area contributed by atoms with Gasteiger partial charge in [-0.25, -0.2) is 0 Å². The van der Waals surface area contributed by atoms with Gasteiger partial charge in [-0.3, -0.25) is 24.2 Å². The van der Waals surface area contributed by atoms with Crippen LogP contribution in [0.15, 0.2) is 0 Å². The molecule has 2 saturated heterocycles. The fraction of sp³-hybridized carbons (Fsp3) is 0.864. The summed E-state index contributed by atoms with van der Waals surface area (Å²) < 4.78 is 9.51. The lowest BCUT2D eigenvalue weighted by Gasteiger charge is -2.68. The third-order valence-electron chi connectivity index (χ3n) is 9.57. The second kappa shape index (κ2) is 6.50. The molecule has 6 fully saturated rings. The number of nitrogens with zero attached hydrogens (tertiary/aromatic N) is 2. The molecule has 1 N–H and O–H groups in total. The number of ether oxygens (including phenoxy) is 2. The third kappa shape index (κ3) is 2.20. The maximum Gasteiger partial charge on any atom is 0.317 e. The van der Waals surface area contributed by atoms with Gasteiger partial charge in [0.1, 0.15) is 11.7 Å². The molecule has 0 aromatic carbocycles. The number of carbonyl (C=O) groups is 3. The van der Waals surface area contributed by atoms with Crippen molar-refractivity contribution in [1.82, 2.24) is 9.80 Å².